The quantitative estimate of drug-likeness (QED) is 0.500. The number of carboxylic acid groups (broad SMARTS) is 1. The number of likely N-dealkylation sites (N-methyl/N-ethyl adjacent to an activating group) is 1. The van der Waals surface area contributed by atoms with E-state index in [-0.39, 0.29) is 4.31 Å². The van der Waals surface area contributed by atoms with Crippen LogP contribution in [0.3, 0.4) is 0 Å². The van der Waals surface area contributed by atoms with Crippen molar-refractivity contribution in [2.45, 2.75) is 5.75 Å². The van der Waals surface area contributed by atoms with Crippen LogP contribution in [0.2, 0.25) is 0 Å². The van der Waals surface area contributed by atoms with Crippen molar-refractivity contribution in [3.63, 3.8) is 0 Å². The fourth-order valence-electron chi connectivity index (χ4n) is 1.36. The third-order valence-electron chi connectivity index (χ3n) is 2.46. The summed E-state index contributed by atoms with van der Waals surface area (Å²) < 4.78 is 88.8. The lowest BCUT2D eigenvalue weighted by molar-refractivity contribution is -0.137. The van der Waals surface area contributed by atoms with Crippen molar-refractivity contribution in [3.8, 4) is 0 Å². The zero-order valence-electron chi connectivity index (χ0n) is 10.3. The van der Waals surface area contributed by atoms with Crippen LogP contribution < -0.4 is 0 Å². The maximum Gasteiger partial charge on any atom is 0.318 e. The second-order valence-corrected chi connectivity index (χ2v) is 6.03. The number of aliphatic carboxylic acids is 1. The van der Waals surface area contributed by atoms with Crippen molar-refractivity contribution >= 4 is 16.0 Å². The van der Waals surface area contributed by atoms with E-state index in [0.29, 0.717) is 0 Å². The number of carboxylic acids is 1. The minimum absolute atomic E-state index is 0.216. The van der Waals surface area contributed by atoms with Gasteiger partial charge in [0.2, 0.25) is 15.8 Å². The molecular weight excluding hydrogens is 325 g/mol. The molecule has 11 heteroatoms. The molecule has 0 saturated carbocycles. The van der Waals surface area contributed by atoms with Crippen LogP contribution in [0.5, 0.6) is 0 Å². The van der Waals surface area contributed by atoms with Crippen molar-refractivity contribution < 1.29 is 40.3 Å². The summed E-state index contributed by atoms with van der Waals surface area (Å²) in [6.45, 7) is -1.03. The Morgan fingerprint density at radius 3 is 1.76 bits per heavy atom. The SMILES string of the molecule is CN(CC(=O)O)S(=O)(=O)Cc1c(F)c(F)c(F)c(F)c1F. The van der Waals surface area contributed by atoms with Crippen LogP contribution in [-0.2, 0) is 20.6 Å². The van der Waals surface area contributed by atoms with E-state index in [2.05, 4.69) is 0 Å². The molecule has 1 N–H and O–H groups in total. The Hall–Kier alpha value is -1.75. The standard InChI is InChI=1S/C10H8F5NO4S/c1-16(2-5(17)18)21(19,20)3-4-6(11)8(13)10(15)9(14)7(4)12/h2-3H2,1H3,(H,17,18). The van der Waals surface area contributed by atoms with Crippen LogP contribution in [-0.4, -0.2) is 37.4 Å². The van der Waals surface area contributed by atoms with Gasteiger partial charge in [0.25, 0.3) is 0 Å². The van der Waals surface area contributed by atoms with Gasteiger partial charge in [-0.15, -0.1) is 0 Å². The normalized spacial score (nSPS) is 12.0. The third-order valence-corrected chi connectivity index (χ3v) is 4.19. The van der Waals surface area contributed by atoms with Gasteiger partial charge in [0.1, 0.15) is 6.54 Å². The number of hydrogen-bond donors (Lipinski definition) is 1. The first-order chi connectivity index (χ1) is 9.49. The summed E-state index contributed by atoms with van der Waals surface area (Å²) in [4.78, 5) is 10.4. The molecule has 0 atom stereocenters. The van der Waals surface area contributed by atoms with Crippen LogP contribution >= 0.6 is 0 Å². The van der Waals surface area contributed by atoms with Gasteiger partial charge < -0.3 is 5.11 Å². The summed E-state index contributed by atoms with van der Waals surface area (Å²) in [7, 11) is -3.80. The third kappa shape index (κ3) is 3.47. The summed E-state index contributed by atoms with van der Waals surface area (Å²) >= 11 is 0. The number of rotatable bonds is 5. The van der Waals surface area contributed by atoms with Gasteiger partial charge in [0.15, 0.2) is 23.3 Å². The molecule has 0 aromatic heterocycles. The van der Waals surface area contributed by atoms with E-state index in [1.165, 1.54) is 0 Å². The summed E-state index contributed by atoms with van der Waals surface area (Å²) in [6, 6.07) is 0. The molecule has 0 aliphatic rings. The van der Waals surface area contributed by atoms with Crippen LogP contribution in [0.15, 0.2) is 0 Å². The molecule has 0 heterocycles. The highest BCUT2D eigenvalue weighted by Gasteiger charge is 2.30. The van der Waals surface area contributed by atoms with Crippen molar-refractivity contribution in [1.29, 1.82) is 0 Å². The summed E-state index contributed by atoms with van der Waals surface area (Å²) in [5, 5.41) is 8.42. The van der Waals surface area contributed by atoms with E-state index >= 15 is 0 Å². The van der Waals surface area contributed by atoms with E-state index < -0.39 is 62.9 Å². The molecule has 0 bridgehead atoms. The lowest BCUT2D eigenvalue weighted by atomic mass is 10.2. The topological polar surface area (TPSA) is 74.7 Å². The van der Waals surface area contributed by atoms with Gasteiger partial charge in [-0.3, -0.25) is 4.79 Å². The minimum Gasteiger partial charge on any atom is -0.480 e. The largest absolute Gasteiger partial charge is 0.480 e. The Kier molecular flexibility index (Phi) is 4.89. The number of benzene rings is 1. The summed E-state index contributed by atoms with van der Waals surface area (Å²) in [5.41, 5.74) is -1.55. The Bertz CT molecular complexity index is 662. The fourth-order valence-corrected chi connectivity index (χ4v) is 2.50. The molecule has 1 aromatic rings. The van der Waals surface area contributed by atoms with Crippen molar-refractivity contribution in [1.82, 2.24) is 4.31 Å². The molecule has 0 amide bonds. The Balaban J connectivity index is 3.29. The van der Waals surface area contributed by atoms with E-state index in [9.17, 15) is 35.2 Å². The Morgan fingerprint density at radius 2 is 1.38 bits per heavy atom. The van der Waals surface area contributed by atoms with E-state index in [1.54, 1.807) is 0 Å². The van der Waals surface area contributed by atoms with E-state index in [0.717, 1.165) is 7.05 Å². The van der Waals surface area contributed by atoms with Gasteiger partial charge in [-0.05, 0) is 0 Å². The molecule has 0 radical (unpaired) electrons. The second kappa shape index (κ2) is 5.93. The Morgan fingerprint density at radius 1 is 1.00 bits per heavy atom. The number of nitrogens with zero attached hydrogens (tertiary/aromatic N) is 1. The lowest BCUT2D eigenvalue weighted by Gasteiger charge is -2.16. The minimum atomic E-state index is -4.58. The molecule has 0 aliphatic heterocycles. The fraction of sp³-hybridized carbons (Fsp3) is 0.300. The molecule has 118 valence electrons. The second-order valence-electron chi connectivity index (χ2n) is 3.95. The average molecular weight is 333 g/mol. The highest BCUT2D eigenvalue weighted by atomic mass is 32.2. The number of hydrogen-bond acceptors (Lipinski definition) is 3. The van der Waals surface area contributed by atoms with Crippen LogP contribution in [0.25, 0.3) is 0 Å². The highest BCUT2D eigenvalue weighted by Crippen LogP contribution is 2.25. The molecule has 5 nitrogen and oxygen atoms in total. The summed E-state index contributed by atoms with van der Waals surface area (Å²) in [6.07, 6.45) is 0. The maximum atomic E-state index is 13.3. The molecule has 0 fully saturated rings. The summed E-state index contributed by atoms with van der Waals surface area (Å²) in [5.74, 6) is -14.6. The molecule has 0 unspecified atom stereocenters. The predicted octanol–water partition coefficient (Wildman–Crippen LogP) is 1.23. The van der Waals surface area contributed by atoms with Crippen LogP contribution in [0.1, 0.15) is 5.56 Å². The maximum absolute atomic E-state index is 13.3. The molecule has 21 heavy (non-hydrogen) atoms. The number of carbonyl (C=O) groups is 1. The van der Waals surface area contributed by atoms with Gasteiger partial charge in [0.05, 0.1) is 5.75 Å². The highest BCUT2D eigenvalue weighted by molar-refractivity contribution is 7.88. The van der Waals surface area contributed by atoms with E-state index in [4.69, 9.17) is 5.11 Å². The lowest BCUT2D eigenvalue weighted by Crippen LogP contribution is -2.33. The molecular formula is C10H8F5NO4S. The molecule has 0 saturated heterocycles. The van der Waals surface area contributed by atoms with Gasteiger partial charge >= 0.3 is 5.97 Å². The number of halogens is 5. The van der Waals surface area contributed by atoms with Crippen LogP contribution in [0.4, 0.5) is 22.0 Å². The van der Waals surface area contributed by atoms with Gasteiger partial charge in [-0.2, -0.15) is 4.31 Å². The molecule has 0 aliphatic carbocycles. The van der Waals surface area contributed by atoms with Gasteiger partial charge in [0, 0.05) is 12.6 Å². The monoisotopic (exact) mass is 333 g/mol. The van der Waals surface area contributed by atoms with Crippen molar-refractivity contribution in [2.75, 3.05) is 13.6 Å². The first-order valence-electron chi connectivity index (χ1n) is 5.15. The van der Waals surface area contributed by atoms with Gasteiger partial charge in [-0.25, -0.2) is 30.4 Å². The van der Waals surface area contributed by atoms with Crippen molar-refractivity contribution in [3.05, 3.63) is 34.6 Å². The van der Waals surface area contributed by atoms with Crippen LogP contribution in [0, 0.1) is 29.1 Å². The average Bonchev–Trinajstić information content (AvgIpc) is 2.38. The van der Waals surface area contributed by atoms with Gasteiger partial charge in [-0.1, -0.05) is 0 Å². The smallest absolute Gasteiger partial charge is 0.318 e. The number of sulfonamides is 1. The first-order valence-corrected chi connectivity index (χ1v) is 6.76. The zero-order valence-corrected chi connectivity index (χ0v) is 11.1. The zero-order chi connectivity index (χ0) is 16.5. The molecule has 0 spiro atoms. The Labute approximate surface area is 115 Å². The molecule has 1 aromatic carbocycles. The predicted molar refractivity (Wildman–Crippen MR) is 59.1 cm³/mol. The van der Waals surface area contributed by atoms with E-state index in [1.807, 2.05) is 0 Å². The molecule has 1 rings (SSSR count). The first kappa shape index (κ1) is 17.3. The van der Waals surface area contributed by atoms with Crippen molar-refractivity contribution in [2.24, 2.45) is 0 Å².